The van der Waals surface area contributed by atoms with E-state index >= 15 is 0 Å². The standard InChI is InChI=1S/C23H26N2O2S/c1-3-4-5-9-16-28-23-24-21(17-18-12-14-20(27-2)15-13-18)22(26)25(23)19-10-7-6-8-11-19/h6-8,10-15,17H,3-5,9,16H2,1-2H3. The van der Waals surface area contributed by atoms with Crippen LogP contribution < -0.4 is 9.64 Å². The zero-order valence-corrected chi connectivity index (χ0v) is 17.2. The molecule has 2 aromatic carbocycles. The molecular weight excluding hydrogens is 368 g/mol. The van der Waals surface area contributed by atoms with E-state index in [9.17, 15) is 4.79 Å². The summed E-state index contributed by atoms with van der Waals surface area (Å²) in [4.78, 5) is 19.5. The molecule has 0 radical (unpaired) electrons. The van der Waals surface area contributed by atoms with Gasteiger partial charge in [0.2, 0.25) is 0 Å². The van der Waals surface area contributed by atoms with Crippen molar-refractivity contribution in [1.29, 1.82) is 0 Å². The van der Waals surface area contributed by atoms with E-state index in [-0.39, 0.29) is 5.91 Å². The first kappa shape index (κ1) is 20.2. The first-order chi connectivity index (χ1) is 13.7. The third-order valence-electron chi connectivity index (χ3n) is 4.49. The highest BCUT2D eigenvalue weighted by atomic mass is 32.2. The number of unbranched alkanes of at least 4 members (excludes halogenated alkanes) is 3. The molecule has 1 aliphatic rings. The number of benzene rings is 2. The number of methoxy groups -OCH3 is 1. The van der Waals surface area contributed by atoms with Gasteiger partial charge in [-0.15, -0.1) is 0 Å². The second kappa shape index (κ2) is 10.1. The molecule has 1 amide bonds. The number of rotatable bonds is 8. The Morgan fingerprint density at radius 1 is 1.04 bits per heavy atom. The van der Waals surface area contributed by atoms with Crippen molar-refractivity contribution < 1.29 is 9.53 Å². The summed E-state index contributed by atoms with van der Waals surface area (Å²) in [5.41, 5.74) is 2.24. The van der Waals surface area contributed by atoms with Crippen LogP contribution in [-0.2, 0) is 4.79 Å². The molecule has 0 saturated heterocycles. The lowest BCUT2D eigenvalue weighted by Gasteiger charge is -2.17. The van der Waals surface area contributed by atoms with Crippen LogP contribution in [0.15, 0.2) is 65.3 Å². The van der Waals surface area contributed by atoms with Crippen molar-refractivity contribution >= 4 is 34.6 Å². The molecule has 0 spiro atoms. The minimum absolute atomic E-state index is 0.0851. The second-order valence-electron chi connectivity index (χ2n) is 6.58. The lowest BCUT2D eigenvalue weighted by atomic mass is 10.2. The van der Waals surface area contributed by atoms with Gasteiger partial charge in [-0.25, -0.2) is 4.99 Å². The van der Waals surface area contributed by atoms with Crippen LogP contribution in [0.3, 0.4) is 0 Å². The van der Waals surface area contributed by atoms with Crippen molar-refractivity contribution in [2.75, 3.05) is 17.8 Å². The normalized spacial score (nSPS) is 15.2. The number of anilines is 1. The zero-order chi connectivity index (χ0) is 19.8. The van der Waals surface area contributed by atoms with Crippen LogP contribution >= 0.6 is 11.8 Å². The Kier molecular flexibility index (Phi) is 7.31. The summed E-state index contributed by atoms with van der Waals surface area (Å²) in [5, 5.41) is 0.757. The van der Waals surface area contributed by atoms with Crippen LogP contribution in [0.4, 0.5) is 5.69 Å². The highest BCUT2D eigenvalue weighted by Gasteiger charge is 2.31. The number of amidine groups is 1. The Morgan fingerprint density at radius 3 is 2.46 bits per heavy atom. The van der Waals surface area contributed by atoms with Crippen molar-refractivity contribution in [2.24, 2.45) is 4.99 Å². The molecule has 5 heteroatoms. The third-order valence-corrected chi connectivity index (χ3v) is 5.52. The molecular formula is C23H26N2O2S. The van der Waals surface area contributed by atoms with E-state index < -0.39 is 0 Å². The van der Waals surface area contributed by atoms with Gasteiger partial charge in [0.05, 0.1) is 12.8 Å². The topological polar surface area (TPSA) is 41.9 Å². The van der Waals surface area contributed by atoms with Crippen molar-refractivity contribution in [3.63, 3.8) is 0 Å². The van der Waals surface area contributed by atoms with Gasteiger partial charge in [-0.05, 0) is 42.3 Å². The lowest BCUT2D eigenvalue weighted by Crippen LogP contribution is -2.30. The molecule has 0 bridgehead atoms. The van der Waals surface area contributed by atoms with E-state index in [0.29, 0.717) is 5.70 Å². The minimum atomic E-state index is -0.0851. The highest BCUT2D eigenvalue weighted by Crippen LogP contribution is 2.30. The molecule has 1 heterocycles. The van der Waals surface area contributed by atoms with Gasteiger partial charge >= 0.3 is 0 Å². The molecule has 0 aliphatic carbocycles. The Bertz CT molecular complexity index is 845. The molecule has 0 aromatic heterocycles. The maximum atomic E-state index is 13.1. The third kappa shape index (κ3) is 5.04. The van der Waals surface area contributed by atoms with E-state index in [2.05, 4.69) is 11.9 Å². The zero-order valence-electron chi connectivity index (χ0n) is 16.4. The lowest BCUT2D eigenvalue weighted by molar-refractivity contribution is -0.113. The number of aliphatic imine (C=N–C) groups is 1. The van der Waals surface area contributed by atoms with Gasteiger partial charge in [-0.2, -0.15) is 0 Å². The van der Waals surface area contributed by atoms with Crippen molar-refractivity contribution in [3.05, 3.63) is 65.9 Å². The number of para-hydroxylation sites is 1. The summed E-state index contributed by atoms with van der Waals surface area (Å²) < 4.78 is 5.20. The van der Waals surface area contributed by atoms with Crippen molar-refractivity contribution in [3.8, 4) is 5.75 Å². The average Bonchev–Trinajstić information content (AvgIpc) is 3.04. The van der Waals surface area contributed by atoms with Crippen LogP contribution in [-0.4, -0.2) is 23.9 Å². The second-order valence-corrected chi connectivity index (χ2v) is 7.64. The maximum Gasteiger partial charge on any atom is 0.283 e. The van der Waals surface area contributed by atoms with Gasteiger partial charge in [0.25, 0.3) is 5.91 Å². The van der Waals surface area contributed by atoms with E-state index in [0.717, 1.165) is 34.3 Å². The first-order valence-corrected chi connectivity index (χ1v) is 10.7. The number of thioether (sulfide) groups is 1. The predicted octanol–water partition coefficient (Wildman–Crippen LogP) is 5.75. The fourth-order valence-electron chi connectivity index (χ4n) is 2.95. The molecule has 0 fully saturated rings. The van der Waals surface area contributed by atoms with Gasteiger partial charge in [0.1, 0.15) is 11.4 Å². The van der Waals surface area contributed by atoms with Gasteiger partial charge in [0.15, 0.2) is 5.17 Å². The summed E-state index contributed by atoms with van der Waals surface area (Å²) in [7, 11) is 1.64. The van der Waals surface area contributed by atoms with Crippen LogP contribution in [0.25, 0.3) is 6.08 Å². The summed E-state index contributed by atoms with van der Waals surface area (Å²) in [6.45, 7) is 2.21. The number of ether oxygens (including phenoxy) is 1. The molecule has 3 rings (SSSR count). The molecule has 0 saturated carbocycles. The van der Waals surface area contributed by atoms with E-state index in [1.165, 1.54) is 19.3 Å². The highest BCUT2D eigenvalue weighted by molar-refractivity contribution is 8.14. The number of carbonyl (C=O) groups is 1. The van der Waals surface area contributed by atoms with Gasteiger partial charge in [0, 0.05) is 5.75 Å². The number of amides is 1. The molecule has 0 unspecified atom stereocenters. The number of hydrogen-bond acceptors (Lipinski definition) is 4. The van der Waals surface area contributed by atoms with Gasteiger partial charge in [-0.3, -0.25) is 9.69 Å². The molecule has 0 N–H and O–H groups in total. The van der Waals surface area contributed by atoms with E-state index in [1.807, 2.05) is 60.7 Å². The fourth-order valence-corrected chi connectivity index (χ4v) is 3.96. The molecule has 2 aromatic rings. The van der Waals surface area contributed by atoms with Crippen LogP contribution in [0.1, 0.15) is 38.2 Å². The molecule has 28 heavy (non-hydrogen) atoms. The summed E-state index contributed by atoms with van der Waals surface area (Å²) in [5.74, 6) is 1.67. The molecule has 0 atom stereocenters. The SMILES string of the molecule is CCCCCCSC1=NC(=Cc2ccc(OC)cc2)C(=O)N1c1ccccc1. The molecule has 1 aliphatic heterocycles. The first-order valence-electron chi connectivity index (χ1n) is 9.69. The molecule has 4 nitrogen and oxygen atoms in total. The van der Waals surface area contributed by atoms with Crippen LogP contribution in [0.2, 0.25) is 0 Å². The summed E-state index contributed by atoms with van der Waals surface area (Å²) >= 11 is 1.66. The monoisotopic (exact) mass is 394 g/mol. The fraction of sp³-hybridized carbons (Fsp3) is 0.304. The molecule has 146 valence electrons. The largest absolute Gasteiger partial charge is 0.497 e. The van der Waals surface area contributed by atoms with Crippen LogP contribution in [0.5, 0.6) is 5.75 Å². The Labute approximate surface area is 171 Å². The minimum Gasteiger partial charge on any atom is -0.497 e. The number of carbonyl (C=O) groups excluding carboxylic acids is 1. The van der Waals surface area contributed by atoms with Crippen molar-refractivity contribution in [2.45, 2.75) is 32.6 Å². The van der Waals surface area contributed by atoms with Gasteiger partial charge in [-0.1, -0.05) is 68.3 Å². The Hall–Kier alpha value is -2.53. The summed E-state index contributed by atoms with van der Waals surface area (Å²) in [6, 6.07) is 17.3. The summed E-state index contributed by atoms with van der Waals surface area (Å²) in [6.07, 6.45) is 6.64. The smallest absolute Gasteiger partial charge is 0.283 e. The number of hydrogen-bond donors (Lipinski definition) is 0. The van der Waals surface area contributed by atoms with Crippen molar-refractivity contribution in [1.82, 2.24) is 0 Å². The maximum absolute atomic E-state index is 13.1. The van der Waals surface area contributed by atoms with Gasteiger partial charge < -0.3 is 4.74 Å². The number of nitrogens with zero attached hydrogens (tertiary/aromatic N) is 2. The Morgan fingerprint density at radius 2 is 1.79 bits per heavy atom. The quantitative estimate of drug-likeness (QED) is 0.423. The predicted molar refractivity (Wildman–Crippen MR) is 119 cm³/mol. The van der Waals surface area contributed by atoms with E-state index in [1.54, 1.807) is 23.8 Å². The van der Waals surface area contributed by atoms with Crippen LogP contribution in [0, 0.1) is 0 Å². The van der Waals surface area contributed by atoms with E-state index in [4.69, 9.17) is 4.74 Å². The Balaban J connectivity index is 1.82. The average molecular weight is 395 g/mol.